The number of hydrogen-bond acceptors (Lipinski definition) is 5. The van der Waals surface area contributed by atoms with Gasteiger partial charge < -0.3 is 10.4 Å². The fourth-order valence-corrected chi connectivity index (χ4v) is 1.92. The maximum atomic E-state index is 11.3. The first-order valence-corrected chi connectivity index (χ1v) is 6.20. The Labute approximate surface area is 116 Å². The van der Waals surface area contributed by atoms with E-state index in [-0.39, 0.29) is 5.56 Å². The molecule has 0 saturated carbocycles. The van der Waals surface area contributed by atoms with E-state index in [1.54, 1.807) is 25.4 Å². The molecular weight excluding hydrogens is 256 g/mol. The van der Waals surface area contributed by atoms with Gasteiger partial charge in [0.25, 0.3) is 0 Å². The summed E-state index contributed by atoms with van der Waals surface area (Å²) in [6.45, 7) is 5.83. The quantitative estimate of drug-likeness (QED) is 0.886. The first kappa shape index (κ1) is 13.9. The molecule has 0 saturated heterocycles. The molecule has 0 aromatic carbocycles. The zero-order chi connectivity index (χ0) is 14.7. The molecule has 6 nitrogen and oxygen atoms in total. The van der Waals surface area contributed by atoms with Crippen molar-refractivity contribution in [1.82, 2.24) is 15.0 Å². The molecule has 2 aromatic heterocycles. The second-order valence-corrected chi connectivity index (χ2v) is 4.61. The lowest BCUT2D eigenvalue weighted by atomic mass is 10.1. The lowest BCUT2D eigenvalue weighted by Gasteiger charge is -2.11. The van der Waals surface area contributed by atoms with Gasteiger partial charge in [0, 0.05) is 11.9 Å². The van der Waals surface area contributed by atoms with Crippen molar-refractivity contribution >= 4 is 11.8 Å². The van der Waals surface area contributed by atoms with E-state index < -0.39 is 5.97 Å². The number of carboxylic acid groups (broad SMARTS) is 1. The summed E-state index contributed by atoms with van der Waals surface area (Å²) < 4.78 is 0. The summed E-state index contributed by atoms with van der Waals surface area (Å²) in [7, 11) is 0. The normalized spacial score (nSPS) is 10.3. The number of carboxylic acids is 1. The molecule has 104 valence electrons. The summed E-state index contributed by atoms with van der Waals surface area (Å²) in [6, 6.07) is 1.75. The maximum Gasteiger partial charge on any atom is 0.339 e. The fraction of sp³-hybridized carbons (Fsp3) is 0.286. The molecule has 0 unspecified atom stereocenters. The summed E-state index contributed by atoms with van der Waals surface area (Å²) >= 11 is 0. The first-order chi connectivity index (χ1) is 9.47. The third kappa shape index (κ3) is 3.09. The molecule has 0 bridgehead atoms. The van der Waals surface area contributed by atoms with E-state index in [0.717, 1.165) is 17.1 Å². The standard InChI is InChI=1S/C14H16N4O2/c1-8-4-9(2)18-13(12(8)14(19)20)17-7-11-6-15-10(3)5-16-11/h4-6H,7H2,1-3H3,(H,17,18)(H,19,20). The number of pyridine rings is 1. The van der Waals surface area contributed by atoms with Gasteiger partial charge in [0.2, 0.25) is 0 Å². The number of anilines is 1. The van der Waals surface area contributed by atoms with Crippen molar-refractivity contribution in [1.29, 1.82) is 0 Å². The SMILES string of the molecule is Cc1cnc(CNc2nc(C)cc(C)c2C(=O)O)cn1. The Morgan fingerprint density at radius 2 is 1.95 bits per heavy atom. The van der Waals surface area contributed by atoms with Crippen LogP contribution in [0.2, 0.25) is 0 Å². The highest BCUT2D eigenvalue weighted by atomic mass is 16.4. The Morgan fingerprint density at radius 3 is 2.55 bits per heavy atom. The molecule has 20 heavy (non-hydrogen) atoms. The van der Waals surface area contributed by atoms with Crippen LogP contribution in [0, 0.1) is 20.8 Å². The van der Waals surface area contributed by atoms with Crippen LogP contribution in [0.3, 0.4) is 0 Å². The van der Waals surface area contributed by atoms with Crippen LogP contribution in [0.1, 0.15) is 33.0 Å². The van der Waals surface area contributed by atoms with Crippen LogP contribution in [-0.2, 0) is 6.54 Å². The Hall–Kier alpha value is -2.50. The van der Waals surface area contributed by atoms with E-state index in [9.17, 15) is 9.90 Å². The van der Waals surface area contributed by atoms with Crippen LogP contribution >= 0.6 is 0 Å². The van der Waals surface area contributed by atoms with E-state index in [0.29, 0.717) is 17.9 Å². The number of aryl methyl sites for hydroxylation is 3. The number of aromatic carboxylic acids is 1. The molecule has 0 radical (unpaired) electrons. The van der Waals surface area contributed by atoms with Gasteiger partial charge in [-0.05, 0) is 32.4 Å². The van der Waals surface area contributed by atoms with Crippen molar-refractivity contribution in [2.75, 3.05) is 5.32 Å². The molecule has 2 N–H and O–H groups in total. The van der Waals surface area contributed by atoms with Crippen LogP contribution in [0.5, 0.6) is 0 Å². The van der Waals surface area contributed by atoms with E-state index in [4.69, 9.17) is 0 Å². The molecule has 0 fully saturated rings. The van der Waals surface area contributed by atoms with E-state index in [1.807, 2.05) is 13.8 Å². The number of nitrogens with zero attached hydrogens (tertiary/aromatic N) is 3. The predicted octanol–water partition coefficient (Wildman–Crippen LogP) is 2.11. The summed E-state index contributed by atoms with van der Waals surface area (Å²) in [4.78, 5) is 23.9. The van der Waals surface area contributed by atoms with Gasteiger partial charge >= 0.3 is 5.97 Å². The van der Waals surface area contributed by atoms with Gasteiger partial charge in [-0.2, -0.15) is 0 Å². The lowest BCUT2D eigenvalue weighted by molar-refractivity contribution is 0.0697. The van der Waals surface area contributed by atoms with Crippen molar-refractivity contribution in [3.63, 3.8) is 0 Å². The van der Waals surface area contributed by atoms with Crippen molar-refractivity contribution in [3.8, 4) is 0 Å². The summed E-state index contributed by atoms with van der Waals surface area (Å²) in [5, 5.41) is 12.3. The van der Waals surface area contributed by atoms with Crippen molar-refractivity contribution in [2.24, 2.45) is 0 Å². The highest BCUT2D eigenvalue weighted by molar-refractivity contribution is 5.94. The minimum atomic E-state index is -0.993. The van der Waals surface area contributed by atoms with Gasteiger partial charge in [0.15, 0.2) is 0 Å². The van der Waals surface area contributed by atoms with Gasteiger partial charge in [0.1, 0.15) is 11.4 Å². The highest BCUT2D eigenvalue weighted by Crippen LogP contribution is 2.19. The summed E-state index contributed by atoms with van der Waals surface area (Å²) in [5.74, 6) is -0.634. The van der Waals surface area contributed by atoms with Crippen molar-refractivity contribution < 1.29 is 9.90 Å². The van der Waals surface area contributed by atoms with Gasteiger partial charge in [-0.1, -0.05) is 0 Å². The highest BCUT2D eigenvalue weighted by Gasteiger charge is 2.15. The lowest BCUT2D eigenvalue weighted by Crippen LogP contribution is -2.12. The summed E-state index contributed by atoms with van der Waals surface area (Å²) in [6.07, 6.45) is 3.33. The molecule has 2 rings (SSSR count). The summed E-state index contributed by atoms with van der Waals surface area (Å²) in [5.41, 5.74) is 3.21. The smallest absolute Gasteiger partial charge is 0.339 e. The second kappa shape index (κ2) is 5.64. The van der Waals surface area contributed by atoms with E-state index in [1.165, 1.54) is 0 Å². The average molecular weight is 272 g/mol. The Morgan fingerprint density at radius 1 is 1.20 bits per heavy atom. The zero-order valence-corrected chi connectivity index (χ0v) is 11.6. The van der Waals surface area contributed by atoms with Gasteiger partial charge in [-0.25, -0.2) is 9.78 Å². The topological polar surface area (TPSA) is 88.0 Å². The molecular formula is C14H16N4O2. The molecule has 2 aromatic rings. The minimum absolute atomic E-state index is 0.190. The molecule has 0 aliphatic heterocycles. The third-order valence-corrected chi connectivity index (χ3v) is 2.83. The molecule has 0 aliphatic rings. The fourth-order valence-electron chi connectivity index (χ4n) is 1.92. The van der Waals surface area contributed by atoms with Crippen molar-refractivity contribution in [3.05, 3.63) is 46.7 Å². The Bertz CT molecular complexity index is 638. The molecule has 0 aliphatic carbocycles. The monoisotopic (exact) mass is 272 g/mol. The minimum Gasteiger partial charge on any atom is -0.478 e. The van der Waals surface area contributed by atoms with Crippen LogP contribution in [0.4, 0.5) is 5.82 Å². The molecule has 6 heteroatoms. The Balaban J connectivity index is 2.24. The largest absolute Gasteiger partial charge is 0.478 e. The van der Waals surface area contributed by atoms with E-state index in [2.05, 4.69) is 20.3 Å². The average Bonchev–Trinajstić information content (AvgIpc) is 2.36. The van der Waals surface area contributed by atoms with Crippen molar-refractivity contribution in [2.45, 2.75) is 27.3 Å². The van der Waals surface area contributed by atoms with Crippen LogP contribution in [0.25, 0.3) is 0 Å². The molecule has 2 heterocycles. The van der Waals surface area contributed by atoms with Gasteiger partial charge in [-0.3, -0.25) is 9.97 Å². The number of rotatable bonds is 4. The third-order valence-electron chi connectivity index (χ3n) is 2.83. The van der Waals surface area contributed by atoms with Gasteiger partial charge in [0.05, 0.1) is 24.1 Å². The number of hydrogen-bond donors (Lipinski definition) is 2. The predicted molar refractivity (Wildman–Crippen MR) is 74.8 cm³/mol. The second-order valence-electron chi connectivity index (χ2n) is 4.61. The zero-order valence-electron chi connectivity index (χ0n) is 11.6. The molecule has 0 spiro atoms. The number of nitrogens with one attached hydrogen (secondary N) is 1. The van der Waals surface area contributed by atoms with Crippen LogP contribution in [-0.4, -0.2) is 26.0 Å². The van der Waals surface area contributed by atoms with Crippen LogP contribution < -0.4 is 5.32 Å². The maximum absolute atomic E-state index is 11.3. The first-order valence-electron chi connectivity index (χ1n) is 6.20. The Kier molecular flexibility index (Phi) is 3.93. The van der Waals surface area contributed by atoms with E-state index >= 15 is 0 Å². The number of carbonyl (C=O) groups is 1. The number of aromatic nitrogens is 3. The molecule has 0 atom stereocenters. The van der Waals surface area contributed by atoms with Crippen LogP contribution in [0.15, 0.2) is 18.5 Å². The van der Waals surface area contributed by atoms with Gasteiger partial charge in [-0.15, -0.1) is 0 Å². The molecule has 0 amide bonds.